The van der Waals surface area contributed by atoms with Gasteiger partial charge >= 0.3 is 12.1 Å². The second-order valence-corrected chi connectivity index (χ2v) is 7.80. The maximum absolute atomic E-state index is 12.5. The van der Waals surface area contributed by atoms with Gasteiger partial charge in [-0.3, -0.25) is 0 Å². The number of alkyl carbamates (subject to hydrolysis) is 1. The molecule has 1 aromatic rings. The molecule has 0 heterocycles. The first-order valence-corrected chi connectivity index (χ1v) is 9.00. The number of esters is 1. The summed E-state index contributed by atoms with van der Waals surface area (Å²) in [4.78, 5) is 24.7. The van der Waals surface area contributed by atoms with Crippen molar-refractivity contribution in [1.82, 2.24) is 5.32 Å². The van der Waals surface area contributed by atoms with Gasteiger partial charge in [0, 0.05) is 12.0 Å². The van der Waals surface area contributed by atoms with E-state index in [0.717, 1.165) is 5.56 Å². The number of amides is 1. The van der Waals surface area contributed by atoms with E-state index >= 15 is 0 Å². The number of rotatable bonds is 7. The summed E-state index contributed by atoms with van der Waals surface area (Å²) in [6.45, 7) is 10.7. The van der Waals surface area contributed by atoms with Crippen LogP contribution in [0.5, 0.6) is 0 Å². The molecule has 6 nitrogen and oxygen atoms in total. The van der Waals surface area contributed by atoms with Crippen molar-refractivity contribution >= 4 is 12.1 Å². The van der Waals surface area contributed by atoms with E-state index in [1.807, 2.05) is 37.3 Å². The van der Waals surface area contributed by atoms with Crippen molar-refractivity contribution in [1.29, 1.82) is 0 Å². The van der Waals surface area contributed by atoms with Crippen LogP contribution in [0.15, 0.2) is 30.3 Å². The van der Waals surface area contributed by atoms with Crippen LogP contribution in [0.1, 0.15) is 59.4 Å². The Morgan fingerprint density at radius 1 is 1.12 bits per heavy atom. The molecule has 3 atom stereocenters. The molecule has 6 heteroatoms. The highest BCUT2D eigenvalue weighted by Gasteiger charge is 2.30. The Kier molecular flexibility index (Phi) is 8.08. The number of benzene rings is 1. The standard InChI is InChI=1S/C20H32N2O4/c1-13(2)25-18(23)17(22-19(24)26-20(4,5)6)12-16(14(3)21)15-10-8-7-9-11-15/h7-11,13-14,16-17H,12,21H2,1-6H3,(H,22,24)/t14-,16+,17-/m0/s1. The van der Waals surface area contributed by atoms with Crippen LogP contribution in [-0.2, 0) is 14.3 Å². The van der Waals surface area contributed by atoms with Crippen molar-refractivity contribution in [3.05, 3.63) is 35.9 Å². The molecule has 0 radical (unpaired) electrons. The quantitative estimate of drug-likeness (QED) is 0.724. The molecule has 0 bridgehead atoms. The highest BCUT2D eigenvalue weighted by molar-refractivity contribution is 5.81. The second-order valence-electron chi connectivity index (χ2n) is 7.80. The summed E-state index contributed by atoms with van der Waals surface area (Å²) in [5, 5.41) is 2.64. The van der Waals surface area contributed by atoms with Crippen molar-refractivity contribution in [2.75, 3.05) is 0 Å². The Morgan fingerprint density at radius 3 is 2.15 bits per heavy atom. The van der Waals surface area contributed by atoms with Crippen LogP contribution in [0.4, 0.5) is 4.79 Å². The molecule has 0 unspecified atom stereocenters. The minimum atomic E-state index is -0.844. The molecule has 0 spiro atoms. The van der Waals surface area contributed by atoms with Crippen molar-refractivity contribution in [3.8, 4) is 0 Å². The summed E-state index contributed by atoms with van der Waals surface area (Å²) in [6.07, 6.45) is -0.609. The van der Waals surface area contributed by atoms with Crippen molar-refractivity contribution in [2.45, 2.75) is 77.7 Å². The summed E-state index contributed by atoms with van der Waals surface area (Å²) < 4.78 is 10.6. The summed E-state index contributed by atoms with van der Waals surface area (Å²) in [7, 11) is 0. The molecule has 146 valence electrons. The topological polar surface area (TPSA) is 90.6 Å². The monoisotopic (exact) mass is 364 g/mol. The fraction of sp³-hybridized carbons (Fsp3) is 0.600. The lowest BCUT2D eigenvalue weighted by Gasteiger charge is -2.28. The van der Waals surface area contributed by atoms with Gasteiger partial charge in [0.15, 0.2) is 0 Å². The van der Waals surface area contributed by atoms with Crippen LogP contribution in [0.25, 0.3) is 0 Å². The summed E-state index contributed by atoms with van der Waals surface area (Å²) in [5.74, 6) is -0.608. The Hall–Kier alpha value is -2.08. The molecule has 26 heavy (non-hydrogen) atoms. The van der Waals surface area contributed by atoms with Gasteiger partial charge < -0.3 is 20.5 Å². The number of nitrogens with two attached hydrogens (primary N) is 1. The van der Waals surface area contributed by atoms with Crippen molar-refractivity contribution in [2.24, 2.45) is 5.73 Å². The molecular formula is C20H32N2O4. The van der Waals surface area contributed by atoms with Gasteiger partial charge in [-0.25, -0.2) is 9.59 Å². The number of ether oxygens (including phenoxy) is 2. The largest absolute Gasteiger partial charge is 0.461 e. The third-order valence-electron chi connectivity index (χ3n) is 3.68. The van der Waals surface area contributed by atoms with Crippen molar-refractivity contribution in [3.63, 3.8) is 0 Å². The van der Waals surface area contributed by atoms with E-state index in [2.05, 4.69) is 5.32 Å². The first kappa shape index (κ1) is 22.0. The Labute approximate surface area is 156 Å². The molecule has 0 aliphatic heterocycles. The highest BCUT2D eigenvalue weighted by Crippen LogP contribution is 2.25. The fourth-order valence-electron chi connectivity index (χ4n) is 2.59. The minimum absolute atomic E-state index is 0.115. The van der Waals surface area contributed by atoms with Gasteiger partial charge in [0.25, 0.3) is 0 Å². The number of carbonyl (C=O) groups excluding carboxylic acids is 2. The lowest BCUT2D eigenvalue weighted by Crippen LogP contribution is -2.46. The summed E-state index contributed by atoms with van der Waals surface area (Å²) >= 11 is 0. The average molecular weight is 364 g/mol. The van der Waals surface area contributed by atoms with Gasteiger partial charge in [0.1, 0.15) is 11.6 Å². The number of nitrogens with one attached hydrogen (secondary N) is 1. The van der Waals surface area contributed by atoms with Crippen molar-refractivity contribution < 1.29 is 19.1 Å². The normalized spacial score (nSPS) is 15.1. The lowest BCUT2D eigenvalue weighted by molar-refractivity contribution is -0.150. The number of hydrogen-bond acceptors (Lipinski definition) is 5. The highest BCUT2D eigenvalue weighted by atomic mass is 16.6. The second kappa shape index (κ2) is 9.57. The molecule has 0 aliphatic rings. The zero-order valence-corrected chi connectivity index (χ0v) is 16.6. The molecule has 0 aliphatic carbocycles. The first-order valence-electron chi connectivity index (χ1n) is 9.00. The zero-order chi connectivity index (χ0) is 19.9. The van der Waals surface area contributed by atoms with Crippen LogP contribution in [0.2, 0.25) is 0 Å². The van der Waals surface area contributed by atoms with E-state index in [-0.39, 0.29) is 18.1 Å². The third-order valence-corrected chi connectivity index (χ3v) is 3.68. The maximum atomic E-state index is 12.5. The Morgan fingerprint density at radius 2 is 1.69 bits per heavy atom. The van der Waals surface area contributed by atoms with E-state index in [1.165, 1.54) is 0 Å². The predicted octanol–water partition coefficient (Wildman–Crippen LogP) is 3.35. The summed E-state index contributed by atoms with van der Waals surface area (Å²) in [6, 6.07) is 8.65. The van der Waals surface area contributed by atoms with Gasteiger partial charge in [0.2, 0.25) is 0 Å². The number of carbonyl (C=O) groups is 2. The molecule has 1 amide bonds. The average Bonchev–Trinajstić information content (AvgIpc) is 2.49. The zero-order valence-electron chi connectivity index (χ0n) is 16.6. The Bertz CT molecular complexity index is 579. The summed E-state index contributed by atoms with van der Waals surface area (Å²) in [5.41, 5.74) is 6.51. The van der Waals surface area contributed by atoms with Gasteiger partial charge in [-0.15, -0.1) is 0 Å². The van der Waals surface area contributed by atoms with E-state index in [1.54, 1.807) is 34.6 Å². The van der Waals surface area contributed by atoms with Crippen LogP contribution in [-0.4, -0.2) is 35.9 Å². The van der Waals surface area contributed by atoms with Crippen LogP contribution in [0, 0.1) is 0 Å². The first-order chi connectivity index (χ1) is 12.0. The Balaban J connectivity index is 2.98. The van der Waals surface area contributed by atoms with E-state index in [0.29, 0.717) is 6.42 Å². The minimum Gasteiger partial charge on any atom is -0.461 e. The smallest absolute Gasteiger partial charge is 0.408 e. The van der Waals surface area contributed by atoms with Gasteiger partial charge in [-0.2, -0.15) is 0 Å². The molecule has 0 saturated carbocycles. The van der Waals surface area contributed by atoms with Gasteiger partial charge in [-0.05, 0) is 53.5 Å². The third kappa shape index (κ3) is 7.87. The molecule has 0 saturated heterocycles. The molecule has 0 aromatic heterocycles. The van der Waals surface area contributed by atoms with Crippen LogP contribution in [0.3, 0.4) is 0 Å². The predicted molar refractivity (Wildman–Crippen MR) is 102 cm³/mol. The maximum Gasteiger partial charge on any atom is 0.408 e. The van der Waals surface area contributed by atoms with Gasteiger partial charge in [0.05, 0.1) is 6.10 Å². The van der Waals surface area contributed by atoms with Crippen LogP contribution < -0.4 is 11.1 Å². The molecule has 1 rings (SSSR count). The molecular weight excluding hydrogens is 332 g/mol. The van der Waals surface area contributed by atoms with E-state index in [9.17, 15) is 9.59 Å². The molecule has 3 N–H and O–H groups in total. The molecule has 1 aromatic carbocycles. The number of hydrogen-bond donors (Lipinski definition) is 2. The lowest BCUT2D eigenvalue weighted by atomic mass is 9.87. The van der Waals surface area contributed by atoms with E-state index in [4.69, 9.17) is 15.2 Å². The van der Waals surface area contributed by atoms with Gasteiger partial charge in [-0.1, -0.05) is 30.3 Å². The fourth-order valence-corrected chi connectivity index (χ4v) is 2.59. The SMILES string of the molecule is CC(C)OC(=O)[C@H](C[C@@H](c1ccccc1)[C@H](C)N)NC(=O)OC(C)(C)C. The van der Waals surface area contributed by atoms with Crippen LogP contribution >= 0.6 is 0 Å². The van der Waals surface area contributed by atoms with E-state index < -0.39 is 23.7 Å². The molecule has 0 fully saturated rings.